The summed E-state index contributed by atoms with van der Waals surface area (Å²) in [5, 5.41) is 0. The zero-order chi connectivity index (χ0) is 8.10. The molecule has 1 amide bonds. The molecular formula is C7H14N2O2. The minimum Gasteiger partial charge on any atom is -0.357 e. The Bertz CT molecular complexity index is 173. The van der Waals surface area contributed by atoms with Crippen LogP contribution in [-0.2, 0) is 9.53 Å². The molecule has 2 N–H and O–H groups in total. The van der Waals surface area contributed by atoms with Crippen LogP contribution < -0.4 is 5.73 Å². The molecule has 0 aromatic heterocycles. The van der Waals surface area contributed by atoms with E-state index in [9.17, 15) is 4.79 Å². The number of rotatable bonds is 2. The average molecular weight is 158 g/mol. The van der Waals surface area contributed by atoms with Gasteiger partial charge in [-0.05, 0) is 0 Å². The van der Waals surface area contributed by atoms with Gasteiger partial charge < -0.3 is 15.4 Å². The first-order valence-corrected chi connectivity index (χ1v) is 3.58. The van der Waals surface area contributed by atoms with E-state index in [1.807, 2.05) is 0 Å². The maximum atomic E-state index is 11.1. The van der Waals surface area contributed by atoms with Crippen LogP contribution in [-0.4, -0.2) is 37.2 Å². The molecule has 0 atom stereocenters. The van der Waals surface area contributed by atoms with Gasteiger partial charge in [0.1, 0.15) is 6.73 Å². The predicted octanol–water partition coefficient (Wildman–Crippen LogP) is -0.436. The molecule has 0 aliphatic carbocycles. The minimum atomic E-state index is -0.0204. The fourth-order valence-electron chi connectivity index (χ4n) is 0.879. The normalized spacial score (nSPS) is 18.6. The largest absolute Gasteiger partial charge is 0.357 e. The molecule has 0 saturated carbocycles. The van der Waals surface area contributed by atoms with Crippen molar-refractivity contribution in [2.45, 2.75) is 0 Å². The highest BCUT2D eigenvalue weighted by molar-refractivity contribution is 5.87. The van der Waals surface area contributed by atoms with Gasteiger partial charge in [-0.3, -0.25) is 4.79 Å². The van der Waals surface area contributed by atoms with Crippen LogP contribution in [0.1, 0.15) is 1.43 Å². The summed E-state index contributed by atoms with van der Waals surface area (Å²) in [6.45, 7) is 1.89. The van der Waals surface area contributed by atoms with Crippen molar-refractivity contribution in [3.63, 3.8) is 0 Å². The van der Waals surface area contributed by atoms with Gasteiger partial charge in [-0.1, -0.05) is 6.08 Å². The second-order valence-corrected chi connectivity index (χ2v) is 2.29. The molecule has 1 aliphatic rings. The van der Waals surface area contributed by atoms with Gasteiger partial charge in [0.25, 0.3) is 0 Å². The Morgan fingerprint density at radius 2 is 2.64 bits per heavy atom. The van der Waals surface area contributed by atoms with E-state index < -0.39 is 0 Å². The van der Waals surface area contributed by atoms with E-state index in [0.717, 1.165) is 0 Å². The van der Waals surface area contributed by atoms with E-state index >= 15 is 0 Å². The molecule has 1 rings (SSSR count). The van der Waals surface area contributed by atoms with Crippen LogP contribution in [0.15, 0.2) is 12.2 Å². The second-order valence-electron chi connectivity index (χ2n) is 2.29. The summed E-state index contributed by atoms with van der Waals surface area (Å²) in [7, 11) is 0. The fraction of sp³-hybridized carbons (Fsp3) is 0.571. The highest BCUT2D eigenvalue weighted by atomic mass is 16.5. The Labute approximate surface area is 67.1 Å². The van der Waals surface area contributed by atoms with Crippen molar-refractivity contribution in [1.29, 1.82) is 0 Å². The lowest BCUT2D eigenvalue weighted by Gasteiger charge is -2.17. The third kappa shape index (κ3) is 2.32. The molecule has 0 aromatic rings. The summed E-state index contributed by atoms with van der Waals surface area (Å²) in [5.74, 6) is -0.0204. The van der Waals surface area contributed by atoms with Crippen LogP contribution in [0.25, 0.3) is 0 Å². The van der Waals surface area contributed by atoms with Crippen molar-refractivity contribution in [3.05, 3.63) is 12.2 Å². The Hall–Kier alpha value is -0.870. The molecule has 0 aromatic carbocycles. The smallest absolute Gasteiger partial charge is 0.248 e. The summed E-state index contributed by atoms with van der Waals surface area (Å²) in [5.41, 5.74) is 5.30. The number of hydrogen-bond acceptors (Lipinski definition) is 3. The Morgan fingerprint density at radius 3 is 3.36 bits per heavy atom. The second kappa shape index (κ2) is 4.10. The first kappa shape index (κ1) is 8.23. The average Bonchev–Trinajstić information content (AvgIpc) is 2.18. The third-order valence-electron chi connectivity index (χ3n) is 1.43. The van der Waals surface area contributed by atoms with E-state index in [4.69, 9.17) is 10.5 Å². The molecule has 0 spiro atoms. The fourth-order valence-corrected chi connectivity index (χ4v) is 0.879. The van der Waals surface area contributed by atoms with Crippen molar-refractivity contribution in [3.8, 4) is 0 Å². The van der Waals surface area contributed by atoms with Crippen molar-refractivity contribution < 1.29 is 11.0 Å². The number of amides is 1. The van der Waals surface area contributed by atoms with Crippen LogP contribution in [0.3, 0.4) is 0 Å². The molecule has 0 bridgehead atoms. The SMILES string of the molecule is NCCN1COCC=CC1=O.[HH]. The van der Waals surface area contributed by atoms with E-state index in [1.54, 1.807) is 11.0 Å². The highest BCUT2D eigenvalue weighted by Gasteiger charge is 2.10. The number of hydrogen-bond donors (Lipinski definition) is 1. The number of carbonyl (C=O) groups excluding carboxylic acids is 1. The topological polar surface area (TPSA) is 55.6 Å². The molecule has 0 fully saturated rings. The first-order valence-electron chi connectivity index (χ1n) is 3.58. The standard InChI is InChI=1S/C7H12N2O2.H2/c8-3-4-9-6-11-5-1-2-7(9)10;/h1-2H,3-6,8H2;1H. The van der Waals surface area contributed by atoms with Crippen LogP contribution in [0.4, 0.5) is 0 Å². The van der Waals surface area contributed by atoms with E-state index in [0.29, 0.717) is 26.4 Å². The van der Waals surface area contributed by atoms with E-state index in [1.165, 1.54) is 6.08 Å². The number of nitrogens with two attached hydrogens (primary N) is 1. The lowest BCUT2D eigenvalue weighted by molar-refractivity contribution is -0.130. The van der Waals surface area contributed by atoms with E-state index in [2.05, 4.69) is 0 Å². The predicted molar refractivity (Wildman–Crippen MR) is 42.8 cm³/mol. The molecule has 1 heterocycles. The molecule has 11 heavy (non-hydrogen) atoms. The summed E-state index contributed by atoms with van der Waals surface area (Å²) in [6, 6.07) is 0. The number of ether oxygens (including phenoxy) is 1. The van der Waals surface area contributed by atoms with Crippen molar-refractivity contribution in [2.75, 3.05) is 26.4 Å². The van der Waals surface area contributed by atoms with Crippen LogP contribution in [0, 0.1) is 0 Å². The Kier molecular flexibility index (Phi) is 3.07. The molecule has 0 unspecified atom stereocenters. The zero-order valence-corrected chi connectivity index (χ0v) is 6.32. The first-order chi connectivity index (χ1) is 5.34. The third-order valence-corrected chi connectivity index (χ3v) is 1.43. The van der Waals surface area contributed by atoms with Crippen LogP contribution in [0.5, 0.6) is 0 Å². The highest BCUT2D eigenvalue weighted by Crippen LogP contribution is 1.96. The molecular weight excluding hydrogens is 144 g/mol. The van der Waals surface area contributed by atoms with Crippen LogP contribution in [0.2, 0.25) is 0 Å². The van der Waals surface area contributed by atoms with Gasteiger partial charge in [-0.2, -0.15) is 0 Å². The minimum absolute atomic E-state index is 0. The molecule has 0 saturated heterocycles. The van der Waals surface area contributed by atoms with Gasteiger partial charge >= 0.3 is 0 Å². The molecule has 1 aliphatic heterocycles. The monoisotopic (exact) mass is 158 g/mol. The molecule has 64 valence electrons. The summed E-state index contributed by atoms with van der Waals surface area (Å²) in [4.78, 5) is 12.7. The summed E-state index contributed by atoms with van der Waals surface area (Å²) >= 11 is 0. The van der Waals surface area contributed by atoms with Gasteiger partial charge in [-0.15, -0.1) is 0 Å². The number of carbonyl (C=O) groups is 1. The molecule has 4 nitrogen and oxygen atoms in total. The van der Waals surface area contributed by atoms with Gasteiger partial charge in [0.15, 0.2) is 0 Å². The Balaban J connectivity index is 0.00000121. The number of nitrogens with zero attached hydrogens (tertiary/aromatic N) is 1. The lowest BCUT2D eigenvalue weighted by atomic mass is 10.4. The van der Waals surface area contributed by atoms with Gasteiger partial charge in [0, 0.05) is 20.6 Å². The molecule has 4 heteroatoms. The quantitative estimate of drug-likeness (QED) is 0.593. The molecule has 0 radical (unpaired) electrons. The van der Waals surface area contributed by atoms with E-state index in [-0.39, 0.29) is 7.33 Å². The van der Waals surface area contributed by atoms with Gasteiger partial charge in [-0.25, -0.2) is 0 Å². The van der Waals surface area contributed by atoms with Crippen molar-refractivity contribution in [2.24, 2.45) is 5.73 Å². The van der Waals surface area contributed by atoms with Gasteiger partial charge in [0.2, 0.25) is 5.91 Å². The summed E-state index contributed by atoms with van der Waals surface area (Å²) in [6.07, 6.45) is 3.22. The Morgan fingerprint density at radius 1 is 1.82 bits per heavy atom. The maximum Gasteiger partial charge on any atom is 0.248 e. The summed E-state index contributed by atoms with van der Waals surface area (Å²) < 4.78 is 5.09. The zero-order valence-electron chi connectivity index (χ0n) is 6.32. The van der Waals surface area contributed by atoms with Crippen molar-refractivity contribution >= 4 is 5.91 Å². The lowest BCUT2D eigenvalue weighted by Crippen LogP contribution is -2.34. The van der Waals surface area contributed by atoms with Crippen molar-refractivity contribution in [1.82, 2.24) is 4.90 Å². The maximum absolute atomic E-state index is 11.1. The van der Waals surface area contributed by atoms with Gasteiger partial charge in [0.05, 0.1) is 6.61 Å². The van der Waals surface area contributed by atoms with Crippen LogP contribution >= 0.6 is 0 Å².